The van der Waals surface area contributed by atoms with Crippen molar-refractivity contribution in [3.8, 4) is 11.5 Å². The van der Waals surface area contributed by atoms with E-state index in [4.69, 9.17) is 9.47 Å². The normalized spacial score (nSPS) is 15.2. The van der Waals surface area contributed by atoms with Gasteiger partial charge in [-0.2, -0.15) is 0 Å². The molecule has 0 atom stereocenters. The van der Waals surface area contributed by atoms with Gasteiger partial charge in [0.25, 0.3) is 0 Å². The summed E-state index contributed by atoms with van der Waals surface area (Å²) in [4.78, 5) is 2.52. The third kappa shape index (κ3) is 4.57. The van der Waals surface area contributed by atoms with Gasteiger partial charge in [0, 0.05) is 25.2 Å². The largest absolute Gasteiger partial charge is 0.493 e. The van der Waals surface area contributed by atoms with Crippen LogP contribution in [0.1, 0.15) is 40.7 Å². The predicted octanol–water partition coefficient (Wildman–Crippen LogP) is 6.71. The molecule has 3 aromatic rings. The number of hydrogen-bond acceptors (Lipinski definition) is 3. The number of rotatable bonds is 4. The fourth-order valence-corrected chi connectivity index (χ4v) is 5.00. The molecule has 3 nitrogen and oxygen atoms in total. The summed E-state index contributed by atoms with van der Waals surface area (Å²) in [5.41, 5.74) is 9.47. The summed E-state index contributed by atoms with van der Waals surface area (Å²) >= 11 is 0. The smallest absolute Gasteiger partial charge is 0.165 e. The van der Waals surface area contributed by atoms with E-state index in [2.05, 4.69) is 71.6 Å². The van der Waals surface area contributed by atoms with Crippen molar-refractivity contribution in [3.63, 3.8) is 0 Å². The average molecular weight is 460 g/mol. The molecule has 0 spiro atoms. The maximum atomic E-state index is 5.65. The molecule has 1 aliphatic heterocycles. The zero-order chi connectivity index (χ0) is 21.9. The van der Waals surface area contributed by atoms with E-state index in [-0.39, 0.29) is 12.4 Å². The first-order valence-electron chi connectivity index (χ1n) is 11.3. The van der Waals surface area contributed by atoms with Gasteiger partial charge >= 0.3 is 0 Å². The zero-order valence-electron chi connectivity index (χ0n) is 19.2. The Kier molecular flexibility index (Phi) is 7.22. The van der Waals surface area contributed by atoms with Crippen LogP contribution in [0, 0.1) is 0 Å². The number of methoxy groups -OCH3 is 2. The molecular weight excluding hydrogens is 430 g/mol. The molecule has 5 rings (SSSR count). The molecule has 1 fully saturated rings. The van der Waals surface area contributed by atoms with E-state index in [1.165, 1.54) is 33.4 Å². The van der Waals surface area contributed by atoms with Crippen LogP contribution in [0.25, 0.3) is 17.7 Å². The Morgan fingerprint density at radius 1 is 0.727 bits per heavy atom. The molecule has 1 heterocycles. The second-order valence-electron chi connectivity index (χ2n) is 8.42. The van der Waals surface area contributed by atoms with Crippen molar-refractivity contribution in [2.75, 3.05) is 27.3 Å². The molecule has 33 heavy (non-hydrogen) atoms. The summed E-state index contributed by atoms with van der Waals surface area (Å²) < 4.78 is 11.1. The van der Waals surface area contributed by atoms with Gasteiger partial charge in [-0.1, -0.05) is 78.4 Å². The molecule has 1 saturated heterocycles. The number of fused-ring (bicyclic) bond motifs is 2. The fourth-order valence-electron chi connectivity index (χ4n) is 5.00. The highest BCUT2D eigenvalue weighted by molar-refractivity contribution is 5.94. The van der Waals surface area contributed by atoms with E-state index in [0.29, 0.717) is 0 Å². The van der Waals surface area contributed by atoms with Gasteiger partial charge in [-0.25, -0.2) is 0 Å². The van der Waals surface area contributed by atoms with E-state index in [0.717, 1.165) is 44.0 Å². The van der Waals surface area contributed by atoms with Crippen molar-refractivity contribution in [2.24, 2.45) is 0 Å². The van der Waals surface area contributed by atoms with Crippen molar-refractivity contribution >= 4 is 30.1 Å². The van der Waals surface area contributed by atoms with Crippen LogP contribution in [-0.2, 0) is 6.54 Å². The summed E-state index contributed by atoms with van der Waals surface area (Å²) in [6, 6.07) is 23.7. The highest BCUT2D eigenvalue weighted by Crippen LogP contribution is 2.39. The van der Waals surface area contributed by atoms with Crippen molar-refractivity contribution in [1.29, 1.82) is 0 Å². The van der Waals surface area contributed by atoms with Crippen molar-refractivity contribution in [3.05, 3.63) is 100 Å². The quantitative estimate of drug-likeness (QED) is 0.338. The van der Waals surface area contributed by atoms with E-state index >= 15 is 0 Å². The van der Waals surface area contributed by atoms with Crippen LogP contribution in [-0.4, -0.2) is 32.2 Å². The highest BCUT2D eigenvalue weighted by Gasteiger charge is 2.23. The molecule has 2 aliphatic rings. The molecule has 1 aliphatic carbocycles. The van der Waals surface area contributed by atoms with Crippen LogP contribution in [0.3, 0.4) is 0 Å². The first-order valence-corrected chi connectivity index (χ1v) is 11.3. The molecule has 3 aromatic carbocycles. The third-order valence-electron chi connectivity index (χ3n) is 6.59. The molecule has 0 saturated carbocycles. The number of nitrogens with zero attached hydrogens (tertiary/aromatic N) is 1. The van der Waals surface area contributed by atoms with Crippen LogP contribution in [0.15, 0.2) is 72.3 Å². The Balaban J connectivity index is 0.00000259. The predicted molar refractivity (Wildman–Crippen MR) is 139 cm³/mol. The fraction of sp³-hybridized carbons (Fsp3) is 0.241. The monoisotopic (exact) mass is 459 g/mol. The molecule has 0 N–H and O–H groups in total. The molecule has 0 radical (unpaired) electrons. The number of piperidine rings is 1. The van der Waals surface area contributed by atoms with Gasteiger partial charge in [0.1, 0.15) is 0 Å². The van der Waals surface area contributed by atoms with Gasteiger partial charge < -0.3 is 9.47 Å². The van der Waals surface area contributed by atoms with E-state index in [1.54, 1.807) is 19.8 Å². The Morgan fingerprint density at radius 3 is 1.91 bits per heavy atom. The second kappa shape index (κ2) is 10.3. The summed E-state index contributed by atoms with van der Waals surface area (Å²) in [6.45, 7) is 2.95. The van der Waals surface area contributed by atoms with Crippen molar-refractivity contribution in [1.82, 2.24) is 4.90 Å². The first-order chi connectivity index (χ1) is 15.8. The summed E-state index contributed by atoms with van der Waals surface area (Å²) in [6.07, 6.45) is 6.66. The molecule has 0 unspecified atom stereocenters. The van der Waals surface area contributed by atoms with Crippen molar-refractivity contribution in [2.45, 2.75) is 19.4 Å². The zero-order valence-corrected chi connectivity index (χ0v) is 20.0. The van der Waals surface area contributed by atoms with Crippen LogP contribution >= 0.6 is 12.4 Å². The van der Waals surface area contributed by atoms with Gasteiger partial charge in [0.2, 0.25) is 0 Å². The molecule has 0 bridgehead atoms. The molecule has 0 amide bonds. The Labute approximate surface area is 202 Å². The van der Waals surface area contributed by atoms with Gasteiger partial charge in [-0.15, -0.1) is 12.4 Å². The van der Waals surface area contributed by atoms with E-state index in [1.807, 2.05) is 12.1 Å². The lowest BCUT2D eigenvalue weighted by Crippen LogP contribution is -2.30. The molecular formula is C29H30ClNO2. The van der Waals surface area contributed by atoms with Crippen LogP contribution in [0.2, 0.25) is 0 Å². The lowest BCUT2D eigenvalue weighted by atomic mass is 9.86. The molecule has 170 valence electrons. The van der Waals surface area contributed by atoms with Crippen molar-refractivity contribution < 1.29 is 9.47 Å². The maximum absolute atomic E-state index is 5.65. The summed E-state index contributed by atoms with van der Waals surface area (Å²) in [7, 11) is 3.41. The number of benzene rings is 3. The third-order valence-corrected chi connectivity index (χ3v) is 6.59. The molecule has 0 aromatic heterocycles. The number of likely N-dealkylation sites (tertiary alicyclic amines) is 1. The molecule has 4 heteroatoms. The van der Waals surface area contributed by atoms with Gasteiger partial charge in [-0.3, -0.25) is 4.90 Å². The Morgan fingerprint density at radius 2 is 1.33 bits per heavy atom. The van der Waals surface area contributed by atoms with E-state index in [9.17, 15) is 0 Å². The SMILES string of the molecule is COc1cccc(CN2CCC(=C3c4ccccc4C=Cc4ccccc43)CC2)c1OC.Cl. The topological polar surface area (TPSA) is 21.7 Å². The summed E-state index contributed by atoms with van der Waals surface area (Å²) in [5, 5.41) is 0. The van der Waals surface area contributed by atoms with Crippen LogP contribution in [0.4, 0.5) is 0 Å². The lowest BCUT2D eigenvalue weighted by Gasteiger charge is -2.31. The Bertz CT molecular complexity index is 1140. The summed E-state index contributed by atoms with van der Waals surface area (Å²) in [5.74, 6) is 1.64. The minimum absolute atomic E-state index is 0. The van der Waals surface area contributed by atoms with Gasteiger partial charge in [0.15, 0.2) is 11.5 Å². The van der Waals surface area contributed by atoms with Gasteiger partial charge in [0.05, 0.1) is 14.2 Å². The maximum Gasteiger partial charge on any atom is 0.165 e. The van der Waals surface area contributed by atoms with Gasteiger partial charge in [-0.05, 0) is 46.7 Å². The van der Waals surface area contributed by atoms with Crippen LogP contribution in [0.5, 0.6) is 11.5 Å². The average Bonchev–Trinajstić information content (AvgIpc) is 3.01. The lowest BCUT2D eigenvalue weighted by molar-refractivity contribution is 0.243. The standard InChI is InChI=1S/C29H29NO2.ClH/c1-31-27-13-7-10-24(29(27)32-2)20-30-18-16-23(17-19-30)28-25-11-5-3-8-21(25)14-15-22-9-4-6-12-26(22)28;/h3-15H,16-20H2,1-2H3;1H. The number of ether oxygens (including phenoxy) is 2. The van der Waals surface area contributed by atoms with E-state index < -0.39 is 0 Å². The highest BCUT2D eigenvalue weighted by atomic mass is 35.5. The van der Waals surface area contributed by atoms with Crippen LogP contribution < -0.4 is 9.47 Å². The number of halogens is 1. The second-order valence-corrected chi connectivity index (χ2v) is 8.42. The number of hydrogen-bond donors (Lipinski definition) is 0. The number of para-hydroxylation sites is 1. The minimum Gasteiger partial charge on any atom is -0.493 e. The first kappa shape index (κ1) is 23.2. The Hall–Kier alpha value is -3.01. The minimum atomic E-state index is 0.